The fourth-order valence-electron chi connectivity index (χ4n) is 4.09. The van der Waals surface area contributed by atoms with E-state index in [9.17, 15) is 14.7 Å². The second kappa shape index (κ2) is 6.94. The van der Waals surface area contributed by atoms with Crippen molar-refractivity contribution in [1.82, 2.24) is 4.48 Å². The molecule has 0 saturated carbocycles. The fraction of sp³-hybridized carbons (Fsp3) is 0.545. The molecule has 0 aliphatic carbocycles. The molecule has 0 bridgehead atoms. The monoisotopic (exact) mass is 416 g/mol. The minimum absolute atomic E-state index is 0.0398. The first-order valence-electron chi connectivity index (χ1n) is 10.2. The van der Waals surface area contributed by atoms with Crippen LogP contribution in [-0.4, -0.2) is 47.6 Å². The van der Waals surface area contributed by atoms with Gasteiger partial charge in [0.2, 0.25) is 5.70 Å². The van der Waals surface area contributed by atoms with E-state index < -0.39 is 40.4 Å². The summed E-state index contributed by atoms with van der Waals surface area (Å²) in [6.07, 6.45) is 0.928. The van der Waals surface area contributed by atoms with Crippen molar-refractivity contribution in [1.29, 1.82) is 0 Å². The molecule has 1 saturated heterocycles. The van der Waals surface area contributed by atoms with Crippen molar-refractivity contribution in [3.8, 4) is 0 Å². The molecule has 2 aliphatic heterocycles. The van der Waals surface area contributed by atoms with Gasteiger partial charge in [-0.05, 0) is 66.9 Å². The Morgan fingerprint density at radius 3 is 2.17 bits per heavy atom. The zero-order chi connectivity index (χ0) is 22.7. The Kier molecular flexibility index (Phi) is 5.21. The van der Waals surface area contributed by atoms with Crippen molar-refractivity contribution in [2.45, 2.75) is 72.1 Å². The van der Waals surface area contributed by atoms with Gasteiger partial charge in [0.25, 0.3) is 0 Å². The summed E-state index contributed by atoms with van der Waals surface area (Å²) >= 11 is 0. The third kappa shape index (κ3) is 3.09. The average molecular weight is 416 g/mol. The van der Waals surface area contributed by atoms with Crippen molar-refractivity contribution in [2.75, 3.05) is 6.61 Å². The van der Waals surface area contributed by atoms with Gasteiger partial charge in [-0.2, -0.15) is 4.79 Å². The number of rotatable bonds is 3. The van der Waals surface area contributed by atoms with Crippen LogP contribution in [0.4, 0.5) is 10.5 Å². The number of amides is 1. The van der Waals surface area contributed by atoms with Crippen LogP contribution in [0.2, 0.25) is 0 Å². The minimum Gasteiger partial charge on any atom is -0.474 e. The Bertz CT molecular complexity index is 914. The van der Waals surface area contributed by atoms with E-state index >= 15 is 0 Å². The average Bonchev–Trinajstić information content (AvgIpc) is 3.06. The van der Waals surface area contributed by atoms with Crippen LogP contribution < -0.4 is 9.95 Å². The van der Waals surface area contributed by atoms with E-state index in [1.807, 2.05) is 66.7 Å². The van der Waals surface area contributed by atoms with Crippen LogP contribution in [-0.2, 0) is 18.8 Å². The Hall–Kier alpha value is -2.16. The molecular formula is C22H31BNO6+. The maximum Gasteiger partial charge on any atom is 0.527 e. The van der Waals surface area contributed by atoms with Gasteiger partial charge in [0, 0.05) is 17.7 Å². The largest absolute Gasteiger partial charge is 0.527 e. The highest BCUT2D eigenvalue weighted by Gasteiger charge is 2.61. The smallest absolute Gasteiger partial charge is 0.474 e. The van der Waals surface area contributed by atoms with E-state index in [-0.39, 0.29) is 12.3 Å². The van der Waals surface area contributed by atoms with E-state index in [1.54, 1.807) is 13.0 Å². The second-order valence-electron chi connectivity index (χ2n) is 9.78. The molecule has 1 N–H and O–H groups in total. The number of carboxylic acid groups (broad SMARTS) is 1. The standard InChI is InChI=1S/C22H30BNO6/c1-9-28-19(27)24(20(2,3)4)16-13-15(11-10-14(16)12-17(24)18(25)26)23-29-21(5,6)22(7,8)30-23/h10-13H,9H2,1-8H3/p+1. The molecule has 1 aromatic rings. The van der Waals surface area contributed by atoms with E-state index in [0.29, 0.717) is 11.3 Å². The Morgan fingerprint density at radius 1 is 1.13 bits per heavy atom. The molecule has 3 rings (SSSR count). The topological polar surface area (TPSA) is 82.1 Å². The first-order valence-corrected chi connectivity index (χ1v) is 10.2. The summed E-state index contributed by atoms with van der Waals surface area (Å²) in [5.41, 5.74) is 0.0546. The highest BCUT2D eigenvalue weighted by atomic mass is 16.7. The van der Waals surface area contributed by atoms with Gasteiger partial charge in [-0.25, -0.2) is 4.79 Å². The molecule has 1 fully saturated rings. The molecule has 1 atom stereocenters. The van der Waals surface area contributed by atoms with Gasteiger partial charge in [0.1, 0.15) is 5.54 Å². The second-order valence-corrected chi connectivity index (χ2v) is 9.78. The number of nitrogens with zero attached hydrogens (tertiary/aromatic N) is 1. The van der Waals surface area contributed by atoms with Gasteiger partial charge in [-0.1, -0.05) is 6.07 Å². The highest BCUT2D eigenvalue weighted by Crippen LogP contribution is 2.47. The lowest BCUT2D eigenvalue weighted by Gasteiger charge is -2.41. The molecule has 1 amide bonds. The van der Waals surface area contributed by atoms with Crippen molar-refractivity contribution < 1.29 is 28.7 Å². The van der Waals surface area contributed by atoms with E-state index in [0.717, 1.165) is 5.46 Å². The summed E-state index contributed by atoms with van der Waals surface area (Å²) in [4.78, 5) is 25.5. The Balaban J connectivity index is 2.20. The first-order chi connectivity index (χ1) is 13.7. The lowest BCUT2D eigenvalue weighted by molar-refractivity contribution is -0.134. The number of hydrogen-bond donors (Lipinski definition) is 1. The number of carbonyl (C=O) groups is 2. The highest BCUT2D eigenvalue weighted by molar-refractivity contribution is 6.62. The van der Waals surface area contributed by atoms with Crippen molar-refractivity contribution >= 4 is 36.4 Å². The zero-order valence-corrected chi connectivity index (χ0v) is 19.0. The van der Waals surface area contributed by atoms with E-state index in [1.165, 1.54) is 0 Å². The molecule has 7 nitrogen and oxygen atoms in total. The minimum atomic E-state index is -1.16. The summed E-state index contributed by atoms with van der Waals surface area (Å²) in [6.45, 7) is 15.2. The van der Waals surface area contributed by atoms with Crippen LogP contribution in [0.15, 0.2) is 23.9 Å². The fourth-order valence-corrected chi connectivity index (χ4v) is 4.09. The SMILES string of the molecule is CCOC(=O)[N+]1(C(C)(C)C)C(C(=O)O)=Cc2ccc(B3OC(C)(C)C(C)(C)O3)cc21. The first kappa shape index (κ1) is 22.5. The van der Waals surface area contributed by atoms with Crippen molar-refractivity contribution in [3.05, 3.63) is 29.5 Å². The number of quaternary nitrogens is 1. The van der Waals surface area contributed by atoms with Gasteiger partial charge in [0.05, 0.1) is 17.8 Å². The summed E-state index contributed by atoms with van der Waals surface area (Å²) in [6, 6.07) is 5.47. The quantitative estimate of drug-likeness (QED) is 0.598. The van der Waals surface area contributed by atoms with Crippen molar-refractivity contribution in [3.63, 3.8) is 0 Å². The third-order valence-electron chi connectivity index (χ3n) is 6.36. The molecule has 2 heterocycles. The van der Waals surface area contributed by atoms with Crippen LogP contribution in [0.3, 0.4) is 0 Å². The van der Waals surface area contributed by atoms with Crippen LogP contribution in [0.5, 0.6) is 0 Å². The van der Waals surface area contributed by atoms with Crippen molar-refractivity contribution in [2.24, 2.45) is 0 Å². The van der Waals surface area contributed by atoms with Crippen LogP contribution in [0.25, 0.3) is 6.08 Å². The maximum absolute atomic E-state index is 13.3. The van der Waals surface area contributed by atoms with Crippen LogP contribution >= 0.6 is 0 Å². The molecule has 0 spiro atoms. The van der Waals surface area contributed by atoms with Crippen LogP contribution in [0.1, 0.15) is 61.0 Å². The number of ether oxygens (including phenoxy) is 1. The van der Waals surface area contributed by atoms with Gasteiger partial charge in [-0.15, -0.1) is 4.48 Å². The molecule has 162 valence electrons. The number of benzene rings is 1. The molecule has 2 aliphatic rings. The predicted octanol–water partition coefficient (Wildman–Crippen LogP) is 3.69. The normalized spacial score (nSPS) is 24.4. The molecule has 0 aromatic heterocycles. The van der Waals surface area contributed by atoms with Gasteiger partial charge in [-0.3, -0.25) is 0 Å². The predicted molar refractivity (Wildman–Crippen MR) is 116 cm³/mol. The van der Waals surface area contributed by atoms with Gasteiger partial charge in [0.15, 0.2) is 5.69 Å². The number of hydrogen-bond acceptors (Lipinski definition) is 5. The number of carboxylic acids is 1. The van der Waals surface area contributed by atoms with E-state index in [2.05, 4.69) is 0 Å². The maximum atomic E-state index is 13.3. The molecule has 1 unspecified atom stereocenters. The van der Waals surface area contributed by atoms with Gasteiger partial charge < -0.3 is 19.2 Å². The number of fused-ring (bicyclic) bond motifs is 1. The number of carbonyl (C=O) groups excluding carboxylic acids is 1. The molecule has 0 radical (unpaired) electrons. The van der Waals surface area contributed by atoms with E-state index in [4.69, 9.17) is 14.0 Å². The van der Waals surface area contributed by atoms with Gasteiger partial charge >= 0.3 is 19.2 Å². The molecule has 30 heavy (non-hydrogen) atoms. The number of aliphatic carboxylic acids is 1. The lowest BCUT2D eigenvalue weighted by atomic mass is 9.78. The zero-order valence-electron chi connectivity index (χ0n) is 19.0. The van der Waals surface area contributed by atoms with Crippen LogP contribution in [0, 0.1) is 0 Å². The Labute approximate surface area is 178 Å². The third-order valence-corrected chi connectivity index (χ3v) is 6.36. The lowest BCUT2D eigenvalue weighted by Crippen LogP contribution is -2.65. The molecule has 8 heteroatoms. The molecule has 1 aromatic carbocycles. The Morgan fingerprint density at radius 2 is 1.70 bits per heavy atom. The summed E-state index contributed by atoms with van der Waals surface area (Å²) < 4.78 is 17.2. The molecular weight excluding hydrogens is 385 g/mol. The summed E-state index contributed by atoms with van der Waals surface area (Å²) in [5, 5.41) is 9.98. The summed E-state index contributed by atoms with van der Waals surface area (Å²) in [5.74, 6) is -1.16. The summed E-state index contributed by atoms with van der Waals surface area (Å²) in [7, 11) is -0.627.